The van der Waals surface area contributed by atoms with Gasteiger partial charge in [0.25, 0.3) is 0 Å². The number of para-hydroxylation sites is 1. The molecule has 7 heteroatoms. The number of rotatable bonds is 8. The number of nitrogens with one attached hydrogen (secondary N) is 1. The van der Waals surface area contributed by atoms with E-state index in [1.54, 1.807) is 6.20 Å². The molecule has 0 amide bonds. The highest BCUT2D eigenvalue weighted by molar-refractivity contribution is 6.02. The molecule has 1 atom stereocenters. The van der Waals surface area contributed by atoms with E-state index in [4.69, 9.17) is 14.5 Å². The molecule has 0 saturated heterocycles. The molecular weight excluding hydrogens is 476 g/mol. The lowest BCUT2D eigenvalue weighted by Crippen LogP contribution is -2.22. The first kappa shape index (κ1) is 26.7. The number of benzene rings is 2. The third kappa shape index (κ3) is 7.09. The molecule has 196 valence electrons. The average Bonchev–Trinajstić information content (AvgIpc) is 3.21. The molecule has 1 aromatic heterocycles. The summed E-state index contributed by atoms with van der Waals surface area (Å²) in [5.41, 5.74) is 3.52. The SMILES string of the molecule is CC.O/N=C1\CC(c2ccccc2)Cc2nc(NCCOC3=CCC=C(Oc4ccccc4)C=C3)ncc21. The highest BCUT2D eigenvalue weighted by Gasteiger charge is 2.27. The lowest BCUT2D eigenvalue weighted by molar-refractivity contribution is 0.236. The Morgan fingerprint density at radius 1 is 0.947 bits per heavy atom. The maximum atomic E-state index is 9.56. The third-order valence-electron chi connectivity index (χ3n) is 6.13. The normalized spacial score (nSPS) is 17.2. The molecule has 3 aromatic rings. The van der Waals surface area contributed by atoms with Gasteiger partial charge < -0.3 is 20.0 Å². The van der Waals surface area contributed by atoms with Crippen LogP contribution in [0.3, 0.4) is 0 Å². The van der Waals surface area contributed by atoms with Gasteiger partial charge in [-0.15, -0.1) is 0 Å². The number of nitrogens with zero attached hydrogens (tertiary/aromatic N) is 3. The van der Waals surface area contributed by atoms with Gasteiger partial charge in [0.2, 0.25) is 5.95 Å². The van der Waals surface area contributed by atoms with Crippen molar-refractivity contribution in [1.82, 2.24) is 9.97 Å². The van der Waals surface area contributed by atoms with Crippen LogP contribution in [0.4, 0.5) is 5.95 Å². The van der Waals surface area contributed by atoms with Gasteiger partial charge in [0, 0.05) is 18.2 Å². The van der Waals surface area contributed by atoms with Gasteiger partial charge in [-0.1, -0.05) is 67.5 Å². The summed E-state index contributed by atoms with van der Waals surface area (Å²) in [6, 6.07) is 20.0. The summed E-state index contributed by atoms with van der Waals surface area (Å²) in [6.07, 6.45) is 11.8. The fraction of sp³-hybridized carbons (Fsp3) is 0.258. The van der Waals surface area contributed by atoms with Gasteiger partial charge in [-0.2, -0.15) is 0 Å². The van der Waals surface area contributed by atoms with Gasteiger partial charge in [-0.25, -0.2) is 9.97 Å². The van der Waals surface area contributed by atoms with Crippen molar-refractivity contribution in [1.29, 1.82) is 0 Å². The number of allylic oxidation sites excluding steroid dienone is 4. The molecule has 2 aromatic carbocycles. The maximum Gasteiger partial charge on any atom is 0.223 e. The van der Waals surface area contributed by atoms with Crippen molar-refractivity contribution in [3.8, 4) is 5.75 Å². The van der Waals surface area contributed by atoms with Crippen LogP contribution in [-0.4, -0.2) is 34.0 Å². The monoisotopic (exact) mass is 510 g/mol. The molecule has 0 bridgehead atoms. The van der Waals surface area contributed by atoms with E-state index in [2.05, 4.69) is 27.6 Å². The van der Waals surface area contributed by atoms with Crippen molar-refractivity contribution in [3.63, 3.8) is 0 Å². The van der Waals surface area contributed by atoms with Crippen molar-refractivity contribution >= 4 is 11.7 Å². The van der Waals surface area contributed by atoms with Crippen LogP contribution in [0.25, 0.3) is 0 Å². The van der Waals surface area contributed by atoms with E-state index in [0.29, 0.717) is 31.2 Å². The molecule has 0 aliphatic heterocycles. The van der Waals surface area contributed by atoms with Crippen molar-refractivity contribution in [2.75, 3.05) is 18.5 Å². The van der Waals surface area contributed by atoms with Crippen LogP contribution in [0.1, 0.15) is 49.4 Å². The quantitative estimate of drug-likeness (QED) is 0.200. The van der Waals surface area contributed by atoms with Gasteiger partial charge in [0.1, 0.15) is 23.9 Å². The van der Waals surface area contributed by atoms with E-state index < -0.39 is 0 Å². The number of aromatic nitrogens is 2. The fourth-order valence-corrected chi connectivity index (χ4v) is 4.33. The van der Waals surface area contributed by atoms with Gasteiger partial charge in [-0.05, 0) is 60.8 Å². The molecule has 7 nitrogen and oxygen atoms in total. The van der Waals surface area contributed by atoms with Crippen LogP contribution >= 0.6 is 0 Å². The molecule has 2 aliphatic rings. The topological polar surface area (TPSA) is 88.9 Å². The van der Waals surface area contributed by atoms with E-state index in [1.807, 2.05) is 86.7 Å². The first-order valence-electron chi connectivity index (χ1n) is 13.1. The summed E-state index contributed by atoms with van der Waals surface area (Å²) in [4.78, 5) is 9.13. The minimum atomic E-state index is 0.217. The number of oxime groups is 1. The van der Waals surface area contributed by atoms with Gasteiger partial charge in [0.15, 0.2) is 0 Å². The average molecular weight is 511 g/mol. The molecule has 1 heterocycles. The minimum Gasteiger partial charge on any atom is -0.492 e. The highest BCUT2D eigenvalue weighted by Crippen LogP contribution is 2.32. The summed E-state index contributed by atoms with van der Waals surface area (Å²) in [7, 11) is 0. The summed E-state index contributed by atoms with van der Waals surface area (Å²) < 4.78 is 11.8. The van der Waals surface area contributed by atoms with Crippen LogP contribution in [0.2, 0.25) is 0 Å². The number of hydrogen-bond donors (Lipinski definition) is 2. The zero-order valence-corrected chi connectivity index (χ0v) is 21.9. The van der Waals surface area contributed by atoms with Gasteiger partial charge in [-0.3, -0.25) is 0 Å². The zero-order valence-electron chi connectivity index (χ0n) is 21.9. The second kappa shape index (κ2) is 13.8. The maximum absolute atomic E-state index is 9.56. The number of fused-ring (bicyclic) bond motifs is 1. The molecule has 0 fully saturated rings. The molecule has 0 radical (unpaired) electrons. The number of anilines is 1. The fourth-order valence-electron chi connectivity index (χ4n) is 4.33. The first-order chi connectivity index (χ1) is 18.8. The Morgan fingerprint density at radius 3 is 2.42 bits per heavy atom. The molecule has 2 aliphatic carbocycles. The van der Waals surface area contributed by atoms with E-state index in [-0.39, 0.29) is 5.92 Å². The first-order valence-corrected chi connectivity index (χ1v) is 13.1. The predicted octanol–water partition coefficient (Wildman–Crippen LogP) is 6.65. The Hall–Kier alpha value is -4.39. The number of ether oxygens (including phenoxy) is 2. The van der Waals surface area contributed by atoms with Crippen molar-refractivity contribution in [2.24, 2.45) is 5.16 Å². The molecule has 5 rings (SSSR count). The van der Waals surface area contributed by atoms with Gasteiger partial charge in [0.05, 0.1) is 18.0 Å². The summed E-state index contributed by atoms with van der Waals surface area (Å²) in [6.45, 7) is 5.01. The molecule has 0 spiro atoms. The molecule has 2 N–H and O–H groups in total. The van der Waals surface area contributed by atoms with Crippen molar-refractivity contribution in [2.45, 2.75) is 39.0 Å². The van der Waals surface area contributed by atoms with Crippen LogP contribution < -0.4 is 10.1 Å². The molecular formula is C31H34N4O3. The Morgan fingerprint density at radius 2 is 1.66 bits per heavy atom. The van der Waals surface area contributed by atoms with Crippen molar-refractivity contribution < 1.29 is 14.7 Å². The Labute approximate surface area is 224 Å². The Kier molecular flexibility index (Phi) is 9.68. The zero-order chi connectivity index (χ0) is 26.6. The minimum absolute atomic E-state index is 0.217. The van der Waals surface area contributed by atoms with Gasteiger partial charge >= 0.3 is 0 Å². The number of hydrogen-bond acceptors (Lipinski definition) is 7. The van der Waals surface area contributed by atoms with E-state index in [0.717, 1.165) is 41.4 Å². The Bertz CT molecular complexity index is 1300. The largest absolute Gasteiger partial charge is 0.492 e. The lowest BCUT2D eigenvalue weighted by atomic mass is 9.82. The van der Waals surface area contributed by atoms with E-state index in [9.17, 15) is 5.21 Å². The highest BCUT2D eigenvalue weighted by atomic mass is 16.5. The second-order valence-electron chi connectivity index (χ2n) is 8.59. The van der Waals surface area contributed by atoms with Crippen molar-refractivity contribution in [3.05, 3.63) is 120 Å². The smallest absolute Gasteiger partial charge is 0.223 e. The summed E-state index contributed by atoms with van der Waals surface area (Å²) in [5.74, 6) is 3.14. The van der Waals surface area contributed by atoms with Crippen LogP contribution in [0.15, 0.2) is 108 Å². The molecule has 1 unspecified atom stereocenters. The standard InChI is InChI=1S/C29H28N4O3.C2H6/c34-33-28-19-22(21-8-3-1-4-9-21)18-27-26(28)20-31-29(32-27)30-16-17-35-23-12-7-13-25(15-14-23)36-24-10-5-2-6-11-24;1-2/h1-6,8-15,20,22,34H,7,16-19H2,(H,30,31,32);1-2H3/b33-28+;. The summed E-state index contributed by atoms with van der Waals surface area (Å²) >= 11 is 0. The van der Waals surface area contributed by atoms with Crippen LogP contribution in [0.5, 0.6) is 5.75 Å². The summed E-state index contributed by atoms with van der Waals surface area (Å²) in [5, 5.41) is 16.3. The Balaban J connectivity index is 0.00000164. The second-order valence-corrected chi connectivity index (χ2v) is 8.59. The third-order valence-corrected chi connectivity index (χ3v) is 6.13. The molecule has 0 saturated carbocycles. The predicted molar refractivity (Wildman–Crippen MR) is 151 cm³/mol. The van der Waals surface area contributed by atoms with E-state index in [1.165, 1.54) is 5.56 Å². The lowest BCUT2D eigenvalue weighted by Gasteiger charge is -2.25. The van der Waals surface area contributed by atoms with Crippen LogP contribution in [0, 0.1) is 0 Å². The van der Waals surface area contributed by atoms with E-state index >= 15 is 0 Å². The molecule has 38 heavy (non-hydrogen) atoms. The van der Waals surface area contributed by atoms with Crippen LogP contribution in [-0.2, 0) is 11.2 Å².